The Morgan fingerprint density at radius 3 is 0.696 bits per heavy atom. The van der Waals surface area contributed by atoms with E-state index >= 15 is 0 Å². The zero-order chi connectivity index (χ0) is 40.2. The van der Waals surface area contributed by atoms with Crippen molar-refractivity contribution in [2.75, 3.05) is 53.6 Å². The summed E-state index contributed by atoms with van der Waals surface area (Å²) in [4.78, 5) is 22.4. The molecule has 0 bridgehead atoms. The summed E-state index contributed by atoms with van der Waals surface area (Å²) in [6.07, 6.45) is 4.78. The predicted octanol–water partition coefficient (Wildman–Crippen LogP) is 4.35. The van der Waals surface area contributed by atoms with Gasteiger partial charge in [-0.2, -0.15) is 0 Å². The molecule has 6 aromatic carbocycles. The Hall–Kier alpha value is -4.96. The molecule has 0 amide bonds. The van der Waals surface area contributed by atoms with Crippen molar-refractivity contribution in [3.63, 3.8) is 0 Å². The third kappa shape index (κ3) is 12.0. The Labute approximate surface area is 335 Å². The van der Waals surface area contributed by atoms with E-state index in [1.54, 1.807) is 0 Å². The first kappa shape index (κ1) is 43.8. The topological polar surface area (TPSA) is 86.7 Å². The quantitative estimate of drug-likeness (QED) is 0.121. The summed E-state index contributed by atoms with van der Waals surface area (Å²) in [6, 6.07) is 66.8. The van der Waals surface area contributed by atoms with Gasteiger partial charge in [0.05, 0.1) is 24.3 Å². The smallest absolute Gasteiger partial charge is 0.112 e. The monoisotopic (exact) mass is 784 g/mol. The molecule has 0 saturated heterocycles. The van der Waals surface area contributed by atoms with E-state index in [1.807, 2.05) is 0 Å². The minimum absolute atomic E-state index is 1.12. The van der Waals surface area contributed by atoms with Crippen LogP contribution in [0.2, 0.25) is 0 Å². The fraction of sp³-hybridized carbons (Fsp3) is 0.208. The van der Waals surface area contributed by atoms with Gasteiger partial charge in [0.1, 0.15) is 46.4 Å². The van der Waals surface area contributed by atoms with Crippen molar-refractivity contribution in [2.24, 2.45) is 0 Å². The van der Waals surface area contributed by atoms with Crippen molar-refractivity contribution in [2.45, 2.75) is 12.8 Å². The minimum atomic E-state index is -2.19. The van der Waals surface area contributed by atoms with Gasteiger partial charge in [0.25, 0.3) is 0 Å². The van der Waals surface area contributed by atoms with E-state index < -0.39 is 26.5 Å². The van der Waals surface area contributed by atoms with Gasteiger partial charge >= 0.3 is 0 Å². The third-order valence-corrected chi connectivity index (χ3v) is 18.6. The number of benzene rings is 6. The average Bonchev–Trinajstić information content (AvgIpc) is 3.23. The second kappa shape index (κ2) is 22.6. The SMILES string of the molecule is CN(C)CCC[P+](c1ccccc1)(c1ccccc1)c1ccccc1.CN(C)CCC[P+](c1ccccc1)(c1ccccc1)c1ccccc1.O=C([O-])C(=O)[O-]. The van der Waals surface area contributed by atoms with Crippen LogP contribution < -0.4 is 42.0 Å². The molecule has 6 aromatic rings. The molecular formula is C48H54N2O4P2. The van der Waals surface area contributed by atoms with E-state index in [1.165, 1.54) is 57.0 Å². The molecule has 0 saturated carbocycles. The minimum Gasteiger partial charge on any atom is -0.543 e. The van der Waals surface area contributed by atoms with Gasteiger partial charge in [0.2, 0.25) is 0 Å². The van der Waals surface area contributed by atoms with Crippen LogP contribution in [0.25, 0.3) is 0 Å². The molecule has 0 aliphatic carbocycles. The van der Waals surface area contributed by atoms with Gasteiger partial charge < -0.3 is 29.6 Å². The lowest BCUT2D eigenvalue weighted by atomic mass is 10.3. The van der Waals surface area contributed by atoms with Crippen LogP contribution in [0.1, 0.15) is 12.8 Å². The largest absolute Gasteiger partial charge is 0.543 e. The number of rotatable bonds is 14. The molecule has 0 aromatic heterocycles. The number of carboxylic acids is 2. The highest BCUT2D eigenvalue weighted by Crippen LogP contribution is 2.56. The van der Waals surface area contributed by atoms with Crippen LogP contribution in [0.5, 0.6) is 0 Å². The van der Waals surface area contributed by atoms with Crippen molar-refractivity contribution in [3.05, 3.63) is 182 Å². The summed E-state index contributed by atoms with van der Waals surface area (Å²) >= 11 is 0. The van der Waals surface area contributed by atoms with E-state index in [0.717, 1.165) is 13.1 Å². The van der Waals surface area contributed by atoms with Gasteiger partial charge in [0.15, 0.2) is 0 Å². The summed E-state index contributed by atoms with van der Waals surface area (Å²) in [6.45, 7) is 2.24. The number of nitrogens with zero attached hydrogens (tertiary/aromatic N) is 2. The van der Waals surface area contributed by atoms with Gasteiger partial charge in [-0.05, 0) is 114 Å². The molecular weight excluding hydrogens is 730 g/mol. The van der Waals surface area contributed by atoms with Gasteiger partial charge in [-0.1, -0.05) is 109 Å². The molecule has 0 heterocycles. The molecule has 6 nitrogen and oxygen atoms in total. The van der Waals surface area contributed by atoms with Crippen molar-refractivity contribution < 1.29 is 19.8 Å². The van der Waals surface area contributed by atoms with Crippen LogP contribution in [-0.4, -0.2) is 75.3 Å². The maximum Gasteiger partial charge on any atom is 0.112 e. The number of aliphatic carboxylic acids is 2. The Morgan fingerprint density at radius 1 is 0.375 bits per heavy atom. The van der Waals surface area contributed by atoms with Crippen molar-refractivity contribution in [1.82, 2.24) is 9.80 Å². The average molecular weight is 785 g/mol. The van der Waals surface area contributed by atoms with E-state index in [0.29, 0.717) is 0 Å². The Morgan fingerprint density at radius 2 is 0.554 bits per heavy atom. The summed E-state index contributed by atoms with van der Waals surface area (Å²) < 4.78 is 0. The van der Waals surface area contributed by atoms with Crippen LogP contribution in [0.3, 0.4) is 0 Å². The summed E-state index contributed by atoms with van der Waals surface area (Å²) in [5.41, 5.74) is 0. The van der Waals surface area contributed by atoms with E-state index in [-0.39, 0.29) is 0 Å². The number of hydrogen-bond acceptors (Lipinski definition) is 6. The number of carboxylic acid groups (broad SMARTS) is 2. The van der Waals surface area contributed by atoms with Gasteiger partial charge in [-0.3, -0.25) is 0 Å². The lowest BCUT2D eigenvalue weighted by Crippen LogP contribution is -2.42. The molecule has 0 unspecified atom stereocenters. The molecule has 0 radical (unpaired) electrons. The number of carbonyl (C=O) groups is 2. The van der Waals surface area contributed by atoms with Crippen LogP contribution >= 0.6 is 14.5 Å². The van der Waals surface area contributed by atoms with E-state index in [9.17, 15) is 0 Å². The molecule has 56 heavy (non-hydrogen) atoms. The van der Waals surface area contributed by atoms with Crippen LogP contribution in [-0.2, 0) is 9.59 Å². The first-order valence-corrected chi connectivity index (χ1v) is 22.9. The standard InChI is InChI=1S/2C23H27NP.C2H2O4/c2*1-24(2)19-12-20-25(21-13-6-3-7-14-21,22-15-8-4-9-16-22)23-17-10-5-11-18-23;3-1(4)2(5)6/h2*3-11,13-18H,12,19-20H2,1-2H3;(H,3,4)(H,5,6)/q2*+1;/p-2. The van der Waals surface area contributed by atoms with Crippen LogP contribution in [0.4, 0.5) is 0 Å². The molecule has 0 atom stereocenters. The van der Waals surface area contributed by atoms with E-state index in [2.05, 4.69) is 220 Å². The summed E-state index contributed by atoms with van der Waals surface area (Å²) in [5, 5.41) is 26.7. The maximum atomic E-state index is 8.93. The molecule has 0 fully saturated rings. The first-order chi connectivity index (χ1) is 27.1. The molecule has 0 aliphatic rings. The van der Waals surface area contributed by atoms with Crippen molar-refractivity contribution in [3.8, 4) is 0 Å². The molecule has 290 valence electrons. The Kier molecular flexibility index (Phi) is 17.6. The van der Waals surface area contributed by atoms with Crippen LogP contribution in [0, 0.1) is 0 Å². The highest BCUT2D eigenvalue weighted by molar-refractivity contribution is 7.96. The lowest BCUT2D eigenvalue weighted by molar-refractivity contribution is -0.345. The maximum absolute atomic E-state index is 8.93. The zero-order valence-corrected chi connectivity index (χ0v) is 34.8. The normalized spacial score (nSPS) is 11.2. The Balaban J connectivity index is 0.000000217. The summed E-state index contributed by atoms with van der Waals surface area (Å²) in [7, 11) is 5.37. The van der Waals surface area contributed by atoms with Crippen molar-refractivity contribution >= 4 is 58.3 Å². The zero-order valence-electron chi connectivity index (χ0n) is 33.0. The van der Waals surface area contributed by atoms with Crippen molar-refractivity contribution in [1.29, 1.82) is 0 Å². The fourth-order valence-corrected chi connectivity index (χ4v) is 15.7. The number of hydrogen-bond donors (Lipinski definition) is 0. The second-order valence-electron chi connectivity index (χ2n) is 14.0. The van der Waals surface area contributed by atoms with Crippen LogP contribution in [0.15, 0.2) is 182 Å². The molecule has 0 N–H and O–H groups in total. The summed E-state index contributed by atoms with van der Waals surface area (Å²) in [5.74, 6) is -4.37. The predicted molar refractivity (Wildman–Crippen MR) is 236 cm³/mol. The Bertz CT molecular complexity index is 1660. The number of carbonyl (C=O) groups excluding carboxylic acids is 2. The highest BCUT2D eigenvalue weighted by atomic mass is 31.2. The molecule has 0 spiro atoms. The molecule has 8 heteroatoms. The van der Waals surface area contributed by atoms with E-state index in [4.69, 9.17) is 19.8 Å². The first-order valence-electron chi connectivity index (χ1n) is 18.9. The van der Waals surface area contributed by atoms with Gasteiger partial charge in [0, 0.05) is 13.1 Å². The lowest BCUT2D eigenvalue weighted by Gasteiger charge is -2.28. The highest BCUT2D eigenvalue weighted by Gasteiger charge is 2.45. The molecule has 6 rings (SSSR count). The van der Waals surface area contributed by atoms with Gasteiger partial charge in [-0.25, -0.2) is 0 Å². The fourth-order valence-electron chi connectivity index (χ4n) is 7.01. The second-order valence-corrected chi connectivity index (χ2v) is 21.2. The molecule has 0 aliphatic heterocycles. The van der Waals surface area contributed by atoms with Gasteiger partial charge in [-0.15, -0.1) is 0 Å². The third-order valence-electron chi connectivity index (χ3n) is 9.55.